The highest BCUT2D eigenvalue weighted by Gasteiger charge is 2.12. The van der Waals surface area contributed by atoms with Crippen LogP contribution in [0.2, 0.25) is 0 Å². The molecule has 0 spiro atoms. The minimum atomic E-state index is -0.0896. The summed E-state index contributed by atoms with van der Waals surface area (Å²) in [6.07, 6.45) is 0. The molecule has 0 saturated carbocycles. The lowest BCUT2D eigenvalue weighted by Crippen LogP contribution is -2.19. The largest absolute Gasteiger partial charge is 0.332 e. The normalized spacial score (nSPS) is 10.5. The molecule has 5 nitrogen and oxygen atoms in total. The number of thiazole rings is 1. The van der Waals surface area contributed by atoms with Crippen molar-refractivity contribution in [1.29, 1.82) is 0 Å². The van der Waals surface area contributed by atoms with Gasteiger partial charge in [-0.3, -0.25) is 4.79 Å². The van der Waals surface area contributed by atoms with E-state index in [1.807, 2.05) is 92.7 Å². The smallest absolute Gasteiger partial charge is 0.236 e. The number of rotatable bonds is 7. The Bertz CT molecular complexity index is 1290. The number of hydrogen-bond acceptors (Lipinski definition) is 5. The fourth-order valence-electron chi connectivity index (χ4n) is 3.21. The molecule has 1 heterocycles. The monoisotopic (exact) mass is 504 g/mol. The Morgan fingerprint density at radius 3 is 2.41 bits per heavy atom. The summed E-state index contributed by atoms with van der Waals surface area (Å²) < 4.78 is 0. The van der Waals surface area contributed by atoms with Crippen molar-refractivity contribution in [1.82, 2.24) is 4.98 Å². The third-order valence-corrected chi connectivity index (χ3v) is 6.95. The van der Waals surface area contributed by atoms with Crippen molar-refractivity contribution in [2.24, 2.45) is 0 Å². The molecular formula is C26H24N4OS3. The Hall–Kier alpha value is -3.20. The highest BCUT2D eigenvalue weighted by Crippen LogP contribution is 2.30. The molecule has 0 aliphatic heterocycles. The van der Waals surface area contributed by atoms with Crippen LogP contribution in [0, 0.1) is 13.8 Å². The van der Waals surface area contributed by atoms with Gasteiger partial charge in [0.05, 0.1) is 11.4 Å². The topological polar surface area (TPSA) is 66.0 Å². The van der Waals surface area contributed by atoms with E-state index in [9.17, 15) is 4.79 Å². The number of thiocarbonyl (C=S) groups is 1. The average molecular weight is 505 g/mol. The zero-order chi connectivity index (χ0) is 23.9. The zero-order valence-corrected chi connectivity index (χ0v) is 21.2. The first-order chi connectivity index (χ1) is 16.5. The SMILES string of the molecule is Cc1ccc(NC(=S)Nc2cccc(SCC(=O)Nc3nc(-c4ccccc4)c(C)s3)c2)cc1. The average Bonchev–Trinajstić information content (AvgIpc) is 3.19. The molecule has 1 aromatic heterocycles. The molecule has 34 heavy (non-hydrogen) atoms. The number of carbonyl (C=O) groups excluding carboxylic acids is 1. The van der Waals surface area contributed by atoms with Crippen molar-refractivity contribution in [2.45, 2.75) is 18.7 Å². The van der Waals surface area contributed by atoms with Crippen LogP contribution in [0.25, 0.3) is 11.3 Å². The van der Waals surface area contributed by atoms with Crippen molar-refractivity contribution in [3.63, 3.8) is 0 Å². The molecule has 3 N–H and O–H groups in total. The standard InChI is InChI=1S/C26H24N4OS3/c1-17-11-13-20(14-12-17)27-25(32)28-21-9-6-10-22(15-21)33-16-23(31)29-26-30-24(18(2)34-26)19-7-4-3-5-8-19/h3-15H,16H2,1-2H3,(H2,27,28,32)(H,29,30,31). The third-order valence-electron chi connectivity index (χ3n) is 4.86. The second kappa shape index (κ2) is 11.3. The number of aryl methyl sites for hydroxylation is 2. The van der Waals surface area contributed by atoms with Crippen LogP contribution < -0.4 is 16.0 Å². The van der Waals surface area contributed by atoms with Crippen LogP contribution in [-0.2, 0) is 4.79 Å². The molecule has 8 heteroatoms. The summed E-state index contributed by atoms with van der Waals surface area (Å²) in [7, 11) is 0. The molecule has 0 bridgehead atoms. The Labute approximate surface area is 213 Å². The van der Waals surface area contributed by atoms with Gasteiger partial charge in [-0.1, -0.05) is 54.1 Å². The Kier molecular flexibility index (Phi) is 7.95. The second-order valence-electron chi connectivity index (χ2n) is 7.60. The maximum Gasteiger partial charge on any atom is 0.236 e. The van der Waals surface area contributed by atoms with E-state index in [0.29, 0.717) is 10.2 Å². The summed E-state index contributed by atoms with van der Waals surface area (Å²) >= 11 is 8.37. The number of hydrogen-bond donors (Lipinski definition) is 3. The Morgan fingerprint density at radius 2 is 1.65 bits per heavy atom. The van der Waals surface area contributed by atoms with Crippen molar-refractivity contribution < 1.29 is 4.79 Å². The van der Waals surface area contributed by atoms with Gasteiger partial charge in [0.25, 0.3) is 0 Å². The summed E-state index contributed by atoms with van der Waals surface area (Å²) in [5.74, 6) is 0.197. The van der Waals surface area contributed by atoms with Gasteiger partial charge in [-0.15, -0.1) is 23.1 Å². The Morgan fingerprint density at radius 1 is 0.912 bits per heavy atom. The number of anilines is 3. The molecule has 4 rings (SSSR count). The van der Waals surface area contributed by atoms with Gasteiger partial charge in [0, 0.05) is 26.7 Å². The quantitative estimate of drug-likeness (QED) is 0.187. The van der Waals surface area contributed by atoms with Gasteiger partial charge in [0.15, 0.2) is 10.2 Å². The molecular weight excluding hydrogens is 481 g/mol. The molecule has 0 radical (unpaired) electrons. The van der Waals surface area contributed by atoms with Crippen LogP contribution in [0.15, 0.2) is 83.8 Å². The first kappa shape index (κ1) is 23.9. The molecule has 0 saturated heterocycles. The number of benzene rings is 3. The molecule has 0 unspecified atom stereocenters. The molecule has 1 amide bonds. The van der Waals surface area contributed by atoms with Gasteiger partial charge in [-0.05, 0) is 56.4 Å². The van der Waals surface area contributed by atoms with E-state index in [4.69, 9.17) is 12.2 Å². The van der Waals surface area contributed by atoms with Gasteiger partial charge in [0.2, 0.25) is 5.91 Å². The Balaban J connectivity index is 1.30. The molecule has 0 fully saturated rings. The van der Waals surface area contributed by atoms with Crippen molar-refractivity contribution in [3.05, 3.63) is 89.3 Å². The van der Waals surface area contributed by atoms with E-state index in [-0.39, 0.29) is 11.7 Å². The number of nitrogens with one attached hydrogen (secondary N) is 3. The van der Waals surface area contributed by atoms with E-state index in [0.717, 1.165) is 32.4 Å². The van der Waals surface area contributed by atoms with Crippen LogP contribution in [-0.4, -0.2) is 21.8 Å². The fraction of sp³-hybridized carbons (Fsp3) is 0.115. The first-order valence-corrected chi connectivity index (χ1v) is 12.9. The maximum atomic E-state index is 12.5. The minimum Gasteiger partial charge on any atom is -0.332 e. The minimum absolute atomic E-state index is 0.0896. The fourth-order valence-corrected chi connectivity index (χ4v) is 5.05. The van der Waals surface area contributed by atoms with Gasteiger partial charge in [-0.2, -0.15) is 0 Å². The van der Waals surface area contributed by atoms with Crippen LogP contribution in [0.4, 0.5) is 16.5 Å². The number of amides is 1. The van der Waals surface area contributed by atoms with Gasteiger partial charge < -0.3 is 16.0 Å². The molecule has 0 atom stereocenters. The van der Waals surface area contributed by atoms with Gasteiger partial charge >= 0.3 is 0 Å². The number of thioether (sulfide) groups is 1. The maximum absolute atomic E-state index is 12.5. The lowest BCUT2D eigenvalue weighted by molar-refractivity contribution is -0.113. The molecule has 3 aromatic carbocycles. The number of carbonyl (C=O) groups is 1. The van der Waals surface area contributed by atoms with E-state index < -0.39 is 0 Å². The lowest BCUT2D eigenvalue weighted by Gasteiger charge is -2.11. The lowest BCUT2D eigenvalue weighted by atomic mass is 10.1. The first-order valence-electron chi connectivity index (χ1n) is 10.7. The van der Waals surface area contributed by atoms with E-state index in [2.05, 4.69) is 20.9 Å². The van der Waals surface area contributed by atoms with E-state index in [1.165, 1.54) is 28.7 Å². The predicted molar refractivity (Wildman–Crippen MR) is 149 cm³/mol. The molecule has 0 aliphatic carbocycles. The third kappa shape index (κ3) is 6.66. The summed E-state index contributed by atoms with van der Waals surface area (Å²) in [5, 5.41) is 10.4. The van der Waals surface area contributed by atoms with Crippen LogP contribution in [0.3, 0.4) is 0 Å². The van der Waals surface area contributed by atoms with Crippen molar-refractivity contribution >= 4 is 62.8 Å². The van der Waals surface area contributed by atoms with Crippen LogP contribution in [0.1, 0.15) is 10.4 Å². The summed E-state index contributed by atoms with van der Waals surface area (Å²) in [6.45, 7) is 4.06. The number of aromatic nitrogens is 1. The van der Waals surface area contributed by atoms with Crippen LogP contribution in [0.5, 0.6) is 0 Å². The predicted octanol–water partition coefficient (Wildman–Crippen LogP) is 6.97. The van der Waals surface area contributed by atoms with Crippen molar-refractivity contribution in [3.8, 4) is 11.3 Å². The summed E-state index contributed by atoms with van der Waals surface area (Å²) in [5.41, 5.74) is 4.93. The highest BCUT2D eigenvalue weighted by atomic mass is 32.2. The second-order valence-corrected chi connectivity index (χ2v) is 10.3. The summed E-state index contributed by atoms with van der Waals surface area (Å²) in [6, 6.07) is 25.8. The number of nitrogens with zero attached hydrogens (tertiary/aromatic N) is 1. The molecule has 0 aliphatic rings. The van der Waals surface area contributed by atoms with E-state index >= 15 is 0 Å². The molecule has 4 aromatic rings. The highest BCUT2D eigenvalue weighted by molar-refractivity contribution is 8.00. The van der Waals surface area contributed by atoms with Crippen LogP contribution >= 0.6 is 35.3 Å². The van der Waals surface area contributed by atoms with E-state index in [1.54, 1.807) is 0 Å². The zero-order valence-electron chi connectivity index (χ0n) is 18.8. The van der Waals surface area contributed by atoms with Crippen molar-refractivity contribution in [2.75, 3.05) is 21.7 Å². The van der Waals surface area contributed by atoms with Gasteiger partial charge in [-0.25, -0.2) is 4.98 Å². The molecule has 172 valence electrons. The summed E-state index contributed by atoms with van der Waals surface area (Å²) in [4.78, 5) is 19.2. The van der Waals surface area contributed by atoms with Gasteiger partial charge in [0.1, 0.15) is 0 Å².